The summed E-state index contributed by atoms with van der Waals surface area (Å²) in [7, 11) is -7.32. The number of anilines is 1. The maximum absolute atomic E-state index is 12.7. The van der Waals surface area contributed by atoms with Gasteiger partial charge in [0.15, 0.2) is 22.8 Å². The minimum Gasteiger partial charge on any atom is -0.476 e. The summed E-state index contributed by atoms with van der Waals surface area (Å²) in [6.45, 7) is 13.2. The Kier molecular flexibility index (Phi) is 23.0. The highest BCUT2D eigenvalue weighted by atomic mass is 79.9. The van der Waals surface area contributed by atoms with Crippen LogP contribution in [0.3, 0.4) is 0 Å². The molecule has 0 aliphatic carbocycles. The number of halogens is 2. The number of aryl methyl sites for hydroxylation is 5. The number of hydrogen-bond acceptors (Lipinski definition) is 18. The van der Waals surface area contributed by atoms with Gasteiger partial charge in [0.1, 0.15) is 49.3 Å². The highest BCUT2D eigenvalue weighted by Gasteiger charge is 2.25. The number of rotatable bonds is 11. The van der Waals surface area contributed by atoms with E-state index < -0.39 is 26.0 Å². The van der Waals surface area contributed by atoms with E-state index in [2.05, 4.69) is 124 Å². The van der Waals surface area contributed by atoms with E-state index in [1.807, 2.05) is 126 Å². The molecule has 552 valence electrons. The SMILES string of the molecule is Cc1[nH]nc(C(=O)Cc2cnc3[nH]c(-n4cccn4)cc3c2)c1C.Cc1[nH]nc(C(=O)O)c1C.Cc1cnc2[nH]c(-n3cccn3)cc2c1.Cc1cnc2c(c1)cc(Br)n2S(=O)(=O)c1ccccc1.Cc1cnc2c(c1)cc(Br)n2S(=O)(=O)c1ccccc1.Nc1cnc2[nH]c(-n3cccn3)cc2c1.c1cn[nH]c1. The molecule has 0 amide bonds. The molecule has 0 saturated heterocycles. The summed E-state index contributed by atoms with van der Waals surface area (Å²) in [6, 6.07) is 43.4. The lowest BCUT2D eigenvalue weighted by molar-refractivity contribution is 0.0689. The molecule has 34 heteroatoms. The van der Waals surface area contributed by atoms with Crippen LogP contribution in [0.4, 0.5) is 5.69 Å². The molecule has 0 spiro atoms. The summed E-state index contributed by atoms with van der Waals surface area (Å²) in [5.74, 6) is 1.66. The van der Waals surface area contributed by atoms with Crippen LogP contribution in [-0.2, 0) is 26.5 Å². The molecule has 30 nitrogen and oxygen atoms in total. The molecule has 0 unspecified atom stereocenters. The zero-order valence-corrected chi connectivity index (χ0v) is 64.1. The van der Waals surface area contributed by atoms with Crippen molar-refractivity contribution in [2.45, 2.75) is 64.7 Å². The van der Waals surface area contributed by atoms with Gasteiger partial charge in [-0.25, -0.2) is 68.5 Å². The molecule has 0 radical (unpaired) electrons. The molecule has 0 aliphatic rings. The Hall–Kier alpha value is -13.1. The number of aromatic amines is 6. The van der Waals surface area contributed by atoms with Gasteiger partial charge in [-0.1, -0.05) is 36.4 Å². The van der Waals surface area contributed by atoms with Gasteiger partial charge in [0.25, 0.3) is 20.0 Å². The van der Waals surface area contributed by atoms with E-state index in [4.69, 9.17) is 10.8 Å². The number of Topliss-reactive ketones (excluding diaryl/α,β-unsaturated/α-hetero) is 1. The van der Waals surface area contributed by atoms with Crippen molar-refractivity contribution in [3.05, 3.63) is 292 Å². The summed E-state index contributed by atoms with van der Waals surface area (Å²) in [6.07, 6.45) is 23.1. The maximum atomic E-state index is 12.7. The van der Waals surface area contributed by atoms with Gasteiger partial charge in [0, 0.05) is 130 Å². The Morgan fingerprint density at radius 2 is 0.881 bits per heavy atom. The van der Waals surface area contributed by atoms with Crippen LogP contribution < -0.4 is 5.73 Å². The Morgan fingerprint density at radius 1 is 0.468 bits per heavy atom. The lowest BCUT2D eigenvalue weighted by Crippen LogP contribution is -2.13. The van der Waals surface area contributed by atoms with E-state index in [0.717, 1.165) is 101 Å². The van der Waals surface area contributed by atoms with Gasteiger partial charge >= 0.3 is 5.97 Å². The second kappa shape index (κ2) is 33.2. The number of carboxylic acids is 1. The van der Waals surface area contributed by atoms with Gasteiger partial charge in [-0.3, -0.25) is 20.1 Å². The predicted octanol–water partition coefficient (Wildman–Crippen LogP) is 13.7. The molecular weight excluding hydrogens is 1560 g/mol. The van der Waals surface area contributed by atoms with Gasteiger partial charge in [-0.2, -0.15) is 30.6 Å². The van der Waals surface area contributed by atoms with E-state index in [1.165, 1.54) is 7.94 Å². The highest BCUT2D eigenvalue weighted by molar-refractivity contribution is 9.10. The van der Waals surface area contributed by atoms with Crippen LogP contribution in [0.25, 0.3) is 72.6 Å². The van der Waals surface area contributed by atoms with Crippen LogP contribution in [0.1, 0.15) is 65.7 Å². The number of benzene rings is 2. The standard InChI is InChI=1S/C17H16N6O.2C14H11BrN2O2S.C11H10N4.C10H9N5.C6H8N2O2.C3H4N2/c1-10-11(2)21-22-16(10)14(24)7-12-6-13-8-15(20-17(13)18-9-12)23-5-3-4-19-23;2*1-10-7-11-8-13(15)17(14(11)16-9-10)20(18,19)12-5-3-2-4-6-12;1-8-5-9-6-10(14-11(9)12-7-8)15-4-2-3-13-15;11-8-4-7-5-9(14-10(7)12-6-8)15-3-1-2-13-15;1-3-4(2)7-8-5(3)6(9)10;1-2-4-5-3-1/h3-6,8-9H,7H2,1-2H3,(H,18,20)(H,21,22);2*2-9H,1H3;2-7H,1H3,(H,12,14);1-6H,11H2,(H,12,14);1-2H3,(H,7,8)(H,9,10);1-3H,(H,4,5). The van der Waals surface area contributed by atoms with Crippen LogP contribution in [0.15, 0.2) is 245 Å². The topological polar surface area (TPSA) is 410 Å². The highest BCUT2D eigenvalue weighted by Crippen LogP contribution is 2.31. The summed E-state index contributed by atoms with van der Waals surface area (Å²) in [5.41, 5.74) is 17.6. The third-order valence-corrected chi connectivity index (χ3v) is 21.6. The van der Waals surface area contributed by atoms with Crippen molar-refractivity contribution in [1.82, 2.24) is 108 Å². The largest absolute Gasteiger partial charge is 0.476 e. The molecule has 109 heavy (non-hydrogen) atoms. The first-order valence-corrected chi connectivity index (χ1v) is 37.7. The van der Waals surface area contributed by atoms with Crippen molar-refractivity contribution >= 4 is 125 Å². The lowest BCUT2D eigenvalue weighted by Gasteiger charge is -2.08. The van der Waals surface area contributed by atoms with Crippen LogP contribution >= 0.6 is 31.9 Å². The molecule has 16 heterocycles. The number of hydrogen-bond donors (Lipinski definition) is 8. The summed E-state index contributed by atoms with van der Waals surface area (Å²) in [5, 5.41) is 44.9. The monoisotopic (exact) mass is 1630 g/mol. The Morgan fingerprint density at radius 3 is 1.27 bits per heavy atom. The van der Waals surface area contributed by atoms with Crippen molar-refractivity contribution in [2.75, 3.05) is 5.73 Å². The Bertz CT molecular complexity index is 6110. The number of carbonyl (C=O) groups is 2. The first-order chi connectivity index (χ1) is 52.4. The zero-order valence-electron chi connectivity index (χ0n) is 59.3. The fraction of sp³-hybridized carbons (Fsp3) is 0.107. The van der Waals surface area contributed by atoms with E-state index in [9.17, 15) is 26.4 Å². The minimum atomic E-state index is -3.66. The first kappa shape index (κ1) is 75.6. The molecule has 9 N–H and O–H groups in total. The summed E-state index contributed by atoms with van der Waals surface area (Å²) >= 11 is 6.62. The predicted molar refractivity (Wildman–Crippen MR) is 421 cm³/mol. The van der Waals surface area contributed by atoms with Crippen molar-refractivity contribution in [1.29, 1.82) is 0 Å². The van der Waals surface area contributed by atoms with Gasteiger partial charge in [-0.05, 0) is 212 Å². The van der Waals surface area contributed by atoms with Crippen LogP contribution in [0.2, 0.25) is 0 Å². The fourth-order valence-corrected chi connectivity index (χ4v) is 15.7. The van der Waals surface area contributed by atoms with Crippen LogP contribution in [0, 0.1) is 48.5 Å². The first-order valence-electron chi connectivity index (χ1n) is 33.2. The van der Waals surface area contributed by atoms with E-state index in [-0.39, 0.29) is 27.7 Å². The fourth-order valence-electron chi connectivity index (χ4n) is 11.0. The van der Waals surface area contributed by atoms with Gasteiger partial charge in [0.2, 0.25) is 0 Å². The number of nitrogens with two attached hydrogens (primary N) is 1. The number of H-pyrrole nitrogens is 6. The van der Waals surface area contributed by atoms with Crippen LogP contribution in [-0.4, -0.2) is 141 Å². The molecule has 2 aromatic carbocycles. The summed E-state index contributed by atoms with van der Waals surface area (Å²) in [4.78, 5) is 54.3. The number of aromatic carboxylic acids is 1. The third-order valence-electron chi connectivity index (χ3n) is 16.5. The molecule has 16 aromatic heterocycles. The maximum Gasteiger partial charge on any atom is 0.356 e. The Labute approximate surface area is 639 Å². The van der Waals surface area contributed by atoms with E-state index >= 15 is 0 Å². The van der Waals surface area contributed by atoms with Gasteiger partial charge in [0.05, 0.1) is 21.7 Å². The molecule has 0 atom stereocenters. The number of nitrogens with one attached hydrogen (secondary N) is 6. The molecule has 0 fully saturated rings. The number of aromatic nitrogens is 22. The average Bonchev–Trinajstić information content (AvgIpc) is 1.63. The number of carboxylic acid groups (broad SMARTS) is 1. The van der Waals surface area contributed by atoms with E-state index in [1.54, 1.807) is 156 Å². The number of nitrogen functional groups attached to an aromatic ring is 1. The van der Waals surface area contributed by atoms with Crippen molar-refractivity contribution < 1.29 is 31.5 Å². The Balaban J connectivity index is 0.000000122. The second-order valence-electron chi connectivity index (χ2n) is 24.5. The molecular formula is C75H69Br2N23O7S2. The quantitative estimate of drug-likeness (QED) is 0.0558. The van der Waals surface area contributed by atoms with Gasteiger partial charge < -0.3 is 25.8 Å². The number of pyridine rings is 5. The smallest absolute Gasteiger partial charge is 0.356 e. The molecule has 18 aromatic rings. The molecule has 0 aliphatic heterocycles. The minimum absolute atomic E-state index is 0.0131. The van der Waals surface area contributed by atoms with Crippen molar-refractivity contribution in [2.24, 2.45) is 0 Å². The second-order valence-corrected chi connectivity index (χ2v) is 29.7. The van der Waals surface area contributed by atoms with Crippen molar-refractivity contribution in [3.63, 3.8) is 0 Å². The molecule has 0 bridgehead atoms. The molecule has 18 rings (SSSR count). The van der Waals surface area contributed by atoms with Crippen molar-refractivity contribution in [3.8, 4) is 17.5 Å². The zero-order chi connectivity index (χ0) is 77.1. The van der Waals surface area contributed by atoms with Crippen LogP contribution in [0.5, 0.6) is 0 Å². The molecule has 0 saturated carbocycles. The number of nitrogens with zero attached hydrogens (tertiary/aromatic N) is 16. The summed E-state index contributed by atoms with van der Waals surface area (Å²) < 4.78 is 59.5. The van der Waals surface area contributed by atoms with Gasteiger partial charge in [-0.15, -0.1) is 0 Å². The average molecular weight is 1630 g/mol. The van der Waals surface area contributed by atoms with E-state index in [0.29, 0.717) is 37.4 Å². The number of ketones is 1. The number of carbonyl (C=O) groups excluding carboxylic acids is 1. The lowest BCUT2D eigenvalue weighted by atomic mass is 10.1. The normalized spacial score (nSPS) is 11.1. The third kappa shape index (κ3) is 17.6. The number of fused-ring (bicyclic) bond motifs is 5.